The minimum atomic E-state index is 0.306. The molecule has 94 valence electrons. The van der Waals surface area contributed by atoms with E-state index in [0.717, 1.165) is 12.1 Å². The molecule has 0 saturated carbocycles. The topological polar surface area (TPSA) is 12.0 Å². The fourth-order valence-electron chi connectivity index (χ4n) is 1.78. The van der Waals surface area contributed by atoms with Gasteiger partial charge in [0.1, 0.15) is 0 Å². The van der Waals surface area contributed by atoms with E-state index in [4.69, 9.17) is 23.2 Å². The van der Waals surface area contributed by atoms with Gasteiger partial charge in [-0.1, -0.05) is 59.6 Å². The van der Waals surface area contributed by atoms with Gasteiger partial charge in [-0.25, -0.2) is 0 Å². The average Bonchev–Trinajstić information content (AvgIpc) is 2.41. The van der Waals surface area contributed by atoms with Crippen LogP contribution in [0.15, 0.2) is 48.5 Å². The third-order valence-electron chi connectivity index (χ3n) is 2.90. The van der Waals surface area contributed by atoms with Gasteiger partial charge >= 0.3 is 0 Å². The lowest BCUT2D eigenvalue weighted by molar-refractivity contribution is 0.575. The molecule has 0 aliphatic rings. The molecule has 2 aromatic carbocycles. The number of halogens is 2. The van der Waals surface area contributed by atoms with Gasteiger partial charge in [0.2, 0.25) is 0 Å². The number of hydrogen-bond acceptors (Lipinski definition) is 1. The van der Waals surface area contributed by atoms with Crippen LogP contribution in [0.2, 0.25) is 10.0 Å². The van der Waals surface area contributed by atoms with Crippen molar-refractivity contribution in [2.24, 2.45) is 0 Å². The van der Waals surface area contributed by atoms with E-state index in [2.05, 4.69) is 24.4 Å². The maximum absolute atomic E-state index is 5.99. The van der Waals surface area contributed by atoms with E-state index in [1.54, 1.807) is 0 Å². The molecular formula is C15H15Cl2N. The first-order chi connectivity index (χ1) is 8.66. The Bertz CT molecular complexity index is 511. The third-order valence-corrected chi connectivity index (χ3v) is 3.63. The molecule has 1 atom stereocenters. The van der Waals surface area contributed by atoms with Gasteiger partial charge in [0.15, 0.2) is 0 Å². The van der Waals surface area contributed by atoms with Crippen molar-refractivity contribution < 1.29 is 0 Å². The highest BCUT2D eigenvalue weighted by molar-refractivity contribution is 6.42. The van der Waals surface area contributed by atoms with Gasteiger partial charge in [-0.2, -0.15) is 0 Å². The smallest absolute Gasteiger partial charge is 0.0595 e. The number of benzene rings is 2. The molecule has 3 heteroatoms. The second kappa shape index (κ2) is 6.24. The molecule has 0 spiro atoms. The average molecular weight is 280 g/mol. The summed E-state index contributed by atoms with van der Waals surface area (Å²) in [6.45, 7) is 2.92. The Hall–Kier alpha value is -1.02. The van der Waals surface area contributed by atoms with Crippen molar-refractivity contribution in [3.05, 3.63) is 69.7 Å². The van der Waals surface area contributed by atoms with Crippen LogP contribution < -0.4 is 5.32 Å². The minimum Gasteiger partial charge on any atom is -0.306 e. The van der Waals surface area contributed by atoms with Gasteiger partial charge in [-0.15, -0.1) is 0 Å². The molecule has 0 saturated heterocycles. The largest absolute Gasteiger partial charge is 0.306 e. The number of hydrogen-bond donors (Lipinski definition) is 1. The molecule has 2 aromatic rings. The zero-order valence-corrected chi connectivity index (χ0v) is 11.7. The molecule has 0 fully saturated rings. The SMILES string of the molecule is C[C@H](NCc1ccc(Cl)c(Cl)c1)c1ccccc1. The highest BCUT2D eigenvalue weighted by atomic mass is 35.5. The fraction of sp³-hybridized carbons (Fsp3) is 0.200. The van der Waals surface area contributed by atoms with Crippen LogP contribution in [0.5, 0.6) is 0 Å². The second-order valence-electron chi connectivity index (χ2n) is 4.26. The first-order valence-corrected chi connectivity index (χ1v) is 6.64. The fourth-order valence-corrected chi connectivity index (χ4v) is 2.10. The molecule has 0 aliphatic heterocycles. The Morgan fingerprint density at radius 2 is 1.72 bits per heavy atom. The molecule has 0 amide bonds. The summed E-state index contributed by atoms with van der Waals surface area (Å²) in [6, 6.07) is 16.4. The van der Waals surface area contributed by atoms with Gasteiger partial charge in [0, 0.05) is 12.6 Å². The van der Waals surface area contributed by atoms with Crippen LogP contribution in [0.3, 0.4) is 0 Å². The summed E-state index contributed by atoms with van der Waals surface area (Å²) in [4.78, 5) is 0. The monoisotopic (exact) mass is 279 g/mol. The quantitative estimate of drug-likeness (QED) is 0.844. The summed E-state index contributed by atoms with van der Waals surface area (Å²) in [6.07, 6.45) is 0. The molecular weight excluding hydrogens is 265 g/mol. The highest BCUT2D eigenvalue weighted by Crippen LogP contribution is 2.23. The summed E-state index contributed by atoms with van der Waals surface area (Å²) in [7, 11) is 0. The van der Waals surface area contributed by atoms with Crippen molar-refractivity contribution in [1.82, 2.24) is 5.32 Å². The Balaban J connectivity index is 1.97. The molecule has 0 heterocycles. The van der Waals surface area contributed by atoms with Gasteiger partial charge in [-0.05, 0) is 30.2 Å². The summed E-state index contributed by atoms with van der Waals surface area (Å²) < 4.78 is 0. The summed E-state index contributed by atoms with van der Waals surface area (Å²) in [5.41, 5.74) is 2.41. The van der Waals surface area contributed by atoms with E-state index in [1.807, 2.05) is 36.4 Å². The van der Waals surface area contributed by atoms with E-state index in [-0.39, 0.29) is 0 Å². The Morgan fingerprint density at radius 1 is 1.00 bits per heavy atom. The summed E-state index contributed by atoms with van der Waals surface area (Å²) in [5.74, 6) is 0. The molecule has 2 rings (SSSR count). The maximum atomic E-state index is 5.99. The predicted molar refractivity (Wildman–Crippen MR) is 78.2 cm³/mol. The van der Waals surface area contributed by atoms with Crippen LogP contribution in [-0.4, -0.2) is 0 Å². The van der Waals surface area contributed by atoms with E-state index in [9.17, 15) is 0 Å². The molecule has 0 radical (unpaired) electrons. The Labute approximate surface area is 118 Å². The zero-order chi connectivity index (χ0) is 13.0. The Kier molecular flexibility index (Phi) is 4.65. The summed E-state index contributed by atoms with van der Waals surface area (Å²) >= 11 is 11.9. The van der Waals surface area contributed by atoms with Crippen molar-refractivity contribution in [2.75, 3.05) is 0 Å². The predicted octanol–water partition coefficient (Wildman–Crippen LogP) is 4.84. The molecule has 1 N–H and O–H groups in total. The molecule has 0 unspecified atom stereocenters. The molecule has 1 nitrogen and oxygen atoms in total. The molecule has 0 aliphatic carbocycles. The van der Waals surface area contributed by atoms with Gasteiger partial charge in [0.05, 0.1) is 10.0 Å². The number of rotatable bonds is 4. The lowest BCUT2D eigenvalue weighted by atomic mass is 10.1. The van der Waals surface area contributed by atoms with Crippen molar-refractivity contribution in [3.8, 4) is 0 Å². The van der Waals surface area contributed by atoms with Crippen LogP contribution in [-0.2, 0) is 6.54 Å². The summed E-state index contributed by atoms with van der Waals surface area (Å²) in [5, 5.41) is 4.65. The minimum absolute atomic E-state index is 0.306. The Morgan fingerprint density at radius 3 is 2.39 bits per heavy atom. The molecule has 0 aromatic heterocycles. The van der Waals surface area contributed by atoms with Crippen LogP contribution in [0, 0.1) is 0 Å². The van der Waals surface area contributed by atoms with Crippen molar-refractivity contribution in [1.29, 1.82) is 0 Å². The van der Waals surface area contributed by atoms with Gasteiger partial charge in [0.25, 0.3) is 0 Å². The standard InChI is InChI=1S/C15H15Cl2N/c1-11(13-5-3-2-4-6-13)18-10-12-7-8-14(16)15(17)9-12/h2-9,11,18H,10H2,1H3/t11-/m0/s1. The lowest BCUT2D eigenvalue weighted by Gasteiger charge is -2.14. The highest BCUT2D eigenvalue weighted by Gasteiger charge is 2.05. The second-order valence-corrected chi connectivity index (χ2v) is 5.08. The van der Waals surface area contributed by atoms with E-state index in [1.165, 1.54) is 5.56 Å². The van der Waals surface area contributed by atoms with E-state index >= 15 is 0 Å². The first-order valence-electron chi connectivity index (χ1n) is 5.89. The van der Waals surface area contributed by atoms with E-state index < -0.39 is 0 Å². The maximum Gasteiger partial charge on any atom is 0.0595 e. The van der Waals surface area contributed by atoms with Gasteiger partial charge < -0.3 is 5.32 Å². The van der Waals surface area contributed by atoms with Crippen LogP contribution >= 0.6 is 23.2 Å². The van der Waals surface area contributed by atoms with E-state index in [0.29, 0.717) is 16.1 Å². The lowest BCUT2D eigenvalue weighted by Crippen LogP contribution is -2.17. The van der Waals surface area contributed by atoms with Crippen LogP contribution in [0.25, 0.3) is 0 Å². The zero-order valence-electron chi connectivity index (χ0n) is 10.2. The first kappa shape index (κ1) is 13.4. The van der Waals surface area contributed by atoms with Gasteiger partial charge in [-0.3, -0.25) is 0 Å². The normalized spacial score (nSPS) is 12.4. The number of nitrogens with one attached hydrogen (secondary N) is 1. The van der Waals surface area contributed by atoms with Crippen molar-refractivity contribution in [2.45, 2.75) is 19.5 Å². The third kappa shape index (κ3) is 3.49. The molecule has 18 heavy (non-hydrogen) atoms. The van der Waals surface area contributed by atoms with Crippen LogP contribution in [0.1, 0.15) is 24.1 Å². The van der Waals surface area contributed by atoms with Crippen molar-refractivity contribution in [3.63, 3.8) is 0 Å². The molecule has 0 bridgehead atoms. The van der Waals surface area contributed by atoms with Crippen LogP contribution in [0.4, 0.5) is 0 Å². The van der Waals surface area contributed by atoms with Crippen molar-refractivity contribution >= 4 is 23.2 Å².